The molecule has 6 heteroatoms. The molecule has 0 unspecified atom stereocenters. The monoisotopic (exact) mass is 426 g/mol. The molecule has 31 heavy (non-hydrogen) atoms. The number of aliphatic hydroxyl groups is 1. The van der Waals surface area contributed by atoms with Crippen LogP contribution in [0, 0.1) is 36.5 Å². The Kier molecular flexibility index (Phi) is 4.61. The van der Waals surface area contributed by atoms with Gasteiger partial charge in [0.1, 0.15) is 29.1 Å². The van der Waals surface area contributed by atoms with Gasteiger partial charge in [-0.1, -0.05) is 46.2 Å². The number of aryl methyl sites for hydroxylation is 1. The average Bonchev–Trinajstić information content (AvgIpc) is 3.12. The zero-order valence-electron chi connectivity index (χ0n) is 18.7. The average molecular weight is 427 g/mol. The molecule has 1 saturated heterocycles. The molecule has 1 aromatic carbocycles. The largest absolute Gasteiger partial charge is 0.453 e. The van der Waals surface area contributed by atoms with Crippen LogP contribution < -0.4 is 10.4 Å². The Morgan fingerprint density at radius 1 is 1.23 bits per heavy atom. The molecule has 1 aromatic heterocycles. The van der Waals surface area contributed by atoms with Crippen LogP contribution in [0.4, 0.5) is 0 Å². The highest BCUT2D eigenvalue weighted by molar-refractivity contribution is 5.93. The molecular weight excluding hydrogens is 396 g/mol. The van der Waals surface area contributed by atoms with Crippen molar-refractivity contribution in [2.24, 2.45) is 29.6 Å². The maximum Gasteiger partial charge on any atom is 0.345 e. The van der Waals surface area contributed by atoms with Gasteiger partial charge in [-0.15, -0.1) is 0 Å². The summed E-state index contributed by atoms with van der Waals surface area (Å²) in [5, 5.41) is 11.4. The molecule has 2 aliphatic heterocycles. The molecule has 1 aliphatic carbocycles. The highest BCUT2D eigenvalue weighted by atomic mass is 16.7. The van der Waals surface area contributed by atoms with Crippen molar-refractivity contribution in [1.82, 2.24) is 0 Å². The second kappa shape index (κ2) is 6.91. The quantitative estimate of drug-likeness (QED) is 0.742. The second-order valence-electron chi connectivity index (χ2n) is 10.0. The fourth-order valence-corrected chi connectivity index (χ4v) is 6.14. The third-order valence-electron chi connectivity index (χ3n) is 7.91. The first kappa shape index (κ1) is 20.7. The summed E-state index contributed by atoms with van der Waals surface area (Å²) in [7, 11) is 0. The Morgan fingerprint density at radius 2 is 1.97 bits per heavy atom. The minimum atomic E-state index is -1.62. The van der Waals surface area contributed by atoms with E-state index in [-0.39, 0.29) is 23.7 Å². The van der Waals surface area contributed by atoms with E-state index in [2.05, 4.69) is 6.92 Å². The Balaban J connectivity index is 1.81. The van der Waals surface area contributed by atoms with Crippen LogP contribution in [0.1, 0.15) is 57.8 Å². The van der Waals surface area contributed by atoms with Gasteiger partial charge in [0.25, 0.3) is 5.79 Å². The zero-order chi connectivity index (χ0) is 22.2. The summed E-state index contributed by atoms with van der Waals surface area (Å²) in [5.41, 5.74) is 1.23. The lowest BCUT2D eigenvalue weighted by molar-refractivity contribution is -0.296. The van der Waals surface area contributed by atoms with E-state index in [1.54, 1.807) is 19.9 Å². The number of ketones is 1. The Bertz CT molecular complexity index is 1120. The molecule has 2 bridgehead atoms. The van der Waals surface area contributed by atoms with E-state index in [0.717, 1.165) is 18.4 Å². The lowest BCUT2D eigenvalue weighted by Crippen LogP contribution is -2.65. The number of hydrogen-bond acceptors (Lipinski definition) is 6. The third kappa shape index (κ3) is 2.70. The van der Waals surface area contributed by atoms with Crippen LogP contribution in [-0.2, 0) is 9.53 Å². The Morgan fingerprint density at radius 3 is 2.68 bits per heavy atom. The zero-order valence-corrected chi connectivity index (χ0v) is 18.7. The summed E-state index contributed by atoms with van der Waals surface area (Å²) < 4.78 is 18.6. The van der Waals surface area contributed by atoms with Gasteiger partial charge in [-0.3, -0.25) is 4.79 Å². The number of benzene rings is 1. The van der Waals surface area contributed by atoms with Crippen molar-refractivity contribution in [3.8, 4) is 5.75 Å². The molecule has 3 heterocycles. The molecule has 166 valence electrons. The van der Waals surface area contributed by atoms with Gasteiger partial charge >= 0.3 is 5.63 Å². The normalized spacial score (nSPS) is 34.9. The number of rotatable bonds is 3. The summed E-state index contributed by atoms with van der Waals surface area (Å²) in [6.45, 7) is 9.70. The van der Waals surface area contributed by atoms with Crippen molar-refractivity contribution < 1.29 is 23.8 Å². The fraction of sp³-hybridized carbons (Fsp3) is 0.600. The fourth-order valence-electron chi connectivity index (χ4n) is 6.14. The molecule has 1 N–H and O–H groups in total. The molecule has 7 atom stereocenters. The highest BCUT2D eigenvalue weighted by Crippen LogP contribution is 2.61. The molecule has 2 aromatic rings. The number of ether oxygens (including phenoxy) is 2. The Labute approximate surface area is 181 Å². The first-order valence-electron chi connectivity index (χ1n) is 11.3. The lowest BCUT2D eigenvalue weighted by atomic mass is 9.68. The minimum Gasteiger partial charge on any atom is -0.453 e. The van der Waals surface area contributed by atoms with Crippen molar-refractivity contribution in [1.29, 1.82) is 0 Å². The van der Waals surface area contributed by atoms with Gasteiger partial charge in [-0.2, -0.15) is 0 Å². The number of carbonyl (C=O) groups excluding carboxylic acids is 1. The molecule has 0 radical (unpaired) electrons. The van der Waals surface area contributed by atoms with E-state index in [1.165, 1.54) is 0 Å². The molecule has 3 aliphatic rings. The summed E-state index contributed by atoms with van der Waals surface area (Å²) in [5.74, 6) is -1.61. The maximum absolute atomic E-state index is 13.7. The topological polar surface area (TPSA) is 86.0 Å². The number of fused-ring (bicyclic) bond motifs is 8. The summed E-state index contributed by atoms with van der Waals surface area (Å²) in [4.78, 5) is 26.8. The molecule has 0 spiro atoms. The van der Waals surface area contributed by atoms with Gasteiger partial charge in [-0.25, -0.2) is 4.79 Å². The molecule has 5 rings (SSSR count). The van der Waals surface area contributed by atoms with Gasteiger partial charge in [0.2, 0.25) is 5.78 Å². The standard InChI is InChI=1S/C25H30O6/c1-11(2)20(26)23(27)25-14(5)15-10-9-13(4)17(15)21(30-25)19-22(31-25)18-12(3)7-6-8-16(18)29-24(19)28/h6-8,11,13-15,17,20-21,26H,9-10H2,1-5H3/t13-,14+,15+,17+,20-,21+,25-/m0/s1. The summed E-state index contributed by atoms with van der Waals surface area (Å²) >= 11 is 0. The van der Waals surface area contributed by atoms with Crippen molar-refractivity contribution in [3.63, 3.8) is 0 Å². The van der Waals surface area contributed by atoms with Gasteiger partial charge < -0.3 is 19.0 Å². The van der Waals surface area contributed by atoms with Gasteiger partial charge in [-0.05, 0) is 48.6 Å². The lowest BCUT2D eigenvalue weighted by Gasteiger charge is -2.54. The van der Waals surface area contributed by atoms with E-state index in [4.69, 9.17) is 13.9 Å². The van der Waals surface area contributed by atoms with Crippen molar-refractivity contribution in [3.05, 3.63) is 39.7 Å². The van der Waals surface area contributed by atoms with E-state index in [9.17, 15) is 14.7 Å². The third-order valence-corrected chi connectivity index (χ3v) is 7.91. The first-order chi connectivity index (χ1) is 14.7. The van der Waals surface area contributed by atoms with Gasteiger partial charge in [0, 0.05) is 5.92 Å². The van der Waals surface area contributed by atoms with Crippen molar-refractivity contribution in [2.75, 3.05) is 0 Å². The number of hydrogen-bond donors (Lipinski definition) is 1. The molecular formula is C25H30O6. The Hall–Kier alpha value is -2.18. The van der Waals surface area contributed by atoms with E-state index in [1.807, 2.05) is 26.0 Å². The number of carbonyl (C=O) groups is 1. The molecule has 6 nitrogen and oxygen atoms in total. The van der Waals surface area contributed by atoms with Crippen LogP contribution in [0.25, 0.3) is 11.0 Å². The number of Topliss-reactive ketones (excluding diaryl/α,β-unsaturated/α-hetero) is 1. The second-order valence-corrected chi connectivity index (χ2v) is 10.0. The first-order valence-corrected chi connectivity index (χ1v) is 11.3. The molecule has 1 saturated carbocycles. The van der Waals surface area contributed by atoms with E-state index < -0.39 is 29.4 Å². The summed E-state index contributed by atoms with van der Waals surface area (Å²) in [6.07, 6.45) is 0.138. The highest BCUT2D eigenvalue weighted by Gasteiger charge is 2.65. The van der Waals surface area contributed by atoms with Crippen LogP contribution in [0.15, 0.2) is 27.4 Å². The smallest absolute Gasteiger partial charge is 0.345 e. The van der Waals surface area contributed by atoms with Crippen molar-refractivity contribution >= 4 is 16.8 Å². The van der Waals surface area contributed by atoms with Gasteiger partial charge in [0.05, 0.1) is 5.39 Å². The van der Waals surface area contributed by atoms with Gasteiger partial charge in [0.15, 0.2) is 0 Å². The van der Waals surface area contributed by atoms with Crippen molar-refractivity contribution in [2.45, 2.75) is 65.5 Å². The molecule has 2 fully saturated rings. The number of aliphatic hydroxyl groups excluding tert-OH is 1. The predicted octanol–water partition coefficient (Wildman–Crippen LogP) is 4.15. The maximum atomic E-state index is 13.7. The summed E-state index contributed by atoms with van der Waals surface area (Å²) in [6, 6.07) is 5.49. The minimum absolute atomic E-state index is 0.0964. The molecule has 0 amide bonds. The van der Waals surface area contributed by atoms with Crippen LogP contribution in [0.3, 0.4) is 0 Å². The predicted molar refractivity (Wildman–Crippen MR) is 115 cm³/mol. The van der Waals surface area contributed by atoms with Crippen LogP contribution in [-0.4, -0.2) is 22.8 Å². The van der Waals surface area contributed by atoms with Crippen LogP contribution in [0.5, 0.6) is 5.75 Å². The SMILES string of the molecule is Cc1cccc2oc(=O)c3c(c12)O[C@@]1(C(=O)[C@@H](O)C(C)C)O[C@@H]3[C@H]2[C@H](CC[C@@H]2C)[C@H]1C. The van der Waals surface area contributed by atoms with Crippen LogP contribution >= 0.6 is 0 Å². The van der Waals surface area contributed by atoms with Crippen LogP contribution in [0.2, 0.25) is 0 Å². The van der Waals surface area contributed by atoms with E-state index in [0.29, 0.717) is 28.2 Å². The van der Waals surface area contributed by atoms with E-state index >= 15 is 0 Å².